The molecule has 1 saturated heterocycles. The van der Waals surface area contributed by atoms with Crippen LogP contribution in [0.15, 0.2) is 24.4 Å². The van der Waals surface area contributed by atoms with Gasteiger partial charge in [0.25, 0.3) is 0 Å². The summed E-state index contributed by atoms with van der Waals surface area (Å²) >= 11 is 0. The van der Waals surface area contributed by atoms with Crippen LogP contribution in [0.5, 0.6) is 0 Å². The highest BCUT2D eigenvalue weighted by Gasteiger charge is 2.59. The van der Waals surface area contributed by atoms with Gasteiger partial charge < -0.3 is 14.4 Å². The first-order valence-electron chi connectivity index (χ1n) is 11.5. The van der Waals surface area contributed by atoms with Crippen LogP contribution in [0.4, 0.5) is 26.7 Å². The van der Waals surface area contributed by atoms with E-state index >= 15 is 0 Å². The van der Waals surface area contributed by atoms with Crippen molar-refractivity contribution in [3.63, 3.8) is 0 Å². The number of carbonyl (C=O) groups is 2. The fourth-order valence-electron chi connectivity index (χ4n) is 4.17. The van der Waals surface area contributed by atoms with E-state index in [0.717, 1.165) is 12.1 Å². The van der Waals surface area contributed by atoms with Crippen LogP contribution in [0.25, 0.3) is 16.7 Å². The van der Waals surface area contributed by atoms with Crippen molar-refractivity contribution in [2.45, 2.75) is 57.7 Å². The Kier molecular flexibility index (Phi) is 6.53. The summed E-state index contributed by atoms with van der Waals surface area (Å²) in [5.41, 5.74) is -2.35. The minimum absolute atomic E-state index is 0.0262. The quantitative estimate of drug-likeness (QED) is 0.331. The lowest BCUT2D eigenvalue weighted by atomic mass is 9.97. The van der Waals surface area contributed by atoms with Crippen LogP contribution in [0.2, 0.25) is 0 Å². The van der Waals surface area contributed by atoms with Gasteiger partial charge in [-0.25, -0.2) is 19.6 Å². The number of imidazole rings is 1. The van der Waals surface area contributed by atoms with E-state index in [0.29, 0.717) is 0 Å². The third-order valence-corrected chi connectivity index (χ3v) is 5.86. The molecule has 3 aromatic heterocycles. The molecule has 0 spiro atoms. The molecule has 1 aliphatic rings. The van der Waals surface area contributed by atoms with E-state index < -0.39 is 46.6 Å². The van der Waals surface area contributed by atoms with Crippen molar-refractivity contribution < 1.29 is 41.0 Å². The molecule has 8 nitrogen and oxygen atoms in total. The number of halogens is 5. The fourth-order valence-corrected chi connectivity index (χ4v) is 4.17. The molecule has 13 heteroatoms. The number of aromatic nitrogens is 3. The Morgan fingerprint density at radius 1 is 1.11 bits per heavy atom. The predicted octanol–water partition coefficient (Wildman–Crippen LogP) is 5.44. The van der Waals surface area contributed by atoms with Gasteiger partial charge in [-0.2, -0.15) is 22.0 Å². The molecule has 1 amide bonds. The maximum atomic E-state index is 14.7. The van der Waals surface area contributed by atoms with Crippen molar-refractivity contribution in [2.75, 3.05) is 19.7 Å². The van der Waals surface area contributed by atoms with Crippen molar-refractivity contribution in [3.05, 3.63) is 41.3 Å². The number of pyridine rings is 2. The van der Waals surface area contributed by atoms with Gasteiger partial charge in [-0.1, -0.05) is 0 Å². The molecule has 1 atom stereocenters. The molecule has 0 N–H and O–H groups in total. The molecule has 4 rings (SSSR count). The highest BCUT2D eigenvalue weighted by molar-refractivity contribution is 5.90. The van der Waals surface area contributed by atoms with Gasteiger partial charge in [0.1, 0.15) is 16.9 Å². The van der Waals surface area contributed by atoms with Crippen molar-refractivity contribution in [3.8, 4) is 0 Å². The number of likely N-dealkylation sites (tertiary alicyclic amines) is 1. The van der Waals surface area contributed by atoms with Crippen LogP contribution in [0.3, 0.4) is 0 Å². The summed E-state index contributed by atoms with van der Waals surface area (Å²) in [6, 6.07) is 3.04. The van der Waals surface area contributed by atoms with Crippen LogP contribution in [0.1, 0.15) is 61.8 Å². The second-order valence-electron chi connectivity index (χ2n) is 9.72. The molecule has 1 aliphatic heterocycles. The Hall–Kier alpha value is -3.51. The Bertz CT molecular complexity index is 1360. The van der Waals surface area contributed by atoms with Gasteiger partial charge in [0.05, 0.1) is 6.61 Å². The van der Waals surface area contributed by atoms with E-state index in [1.165, 1.54) is 21.6 Å². The molecule has 0 aliphatic carbocycles. The Labute approximate surface area is 208 Å². The average molecular weight is 528 g/mol. The topological polar surface area (TPSA) is 86.0 Å². The van der Waals surface area contributed by atoms with Crippen molar-refractivity contribution in [1.82, 2.24) is 19.3 Å². The molecule has 1 fully saturated rings. The number of fused-ring (bicyclic) bond motifs is 3. The molecular weight excluding hydrogens is 503 g/mol. The third-order valence-electron chi connectivity index (χ3n) is 5.86. The fraction of sp³-hybridized carbons (Fsp3) is 0.500. The van der Waals surface area contributed by atoms with Gasteiger partial charge >= 0.3 is 24.2 Å². The van der Waals surface area contributed by atoms with E-state index in [-0.39, 0.29) is 48.8 Å². The van der Waals surface area contributed by atoms with E-state index in [4.69, 9.17) is 9.47 Å². The molecule has 3 aromatic rings. The number of carbonyl (C=O) groups excluding carboxylic acids is 2. The monoisotopic (exact) mass is 528 g/mol. The third kappa shape index (κ3) is 5.03. The zero-order valence-corrected chi connectivity index (χ0v) is 20.5. The number of nitrogens with zero attached hydrogens (tertiary/aromatic N) is 4. The van der Waals surface area contributed by atoms with Crippen molar-refractivity contribution >= 4 is 28.7 Å². The summed E-state index contributed by atoms with van der Waals surface area (Å²) in [5, 5.41) is -0.451. The SMILES string of the molecule is CCOC(=O)c1cn2c(ccc3c(C(F)(F)C(F)(F)F)cc(C4CCN(C(=O)OC(C)(C)C)C4)nc32)n1. The highest BCUT2D eigenvalue weighted by Crippen LogP contribution is 2.47. The standard InChI is InChI=1S/C24H25F5N4O4/c1-5-36-20(34)17-12-33-18(30-17)7-6-14-15(23(25,26)24(27,28)29)10-16(31-19(14)33)13-8-9-32(11-13)21(35)37-22(2,3)4/h6-7,10,12-13H,5,8-9,11H2,1-4H3. The molecule has 1 unspecified atom stereocenters. The molecular formula is C24H25F5N4O4. The summed E-state index contributed by atoms with van der Waals surface area (Å²) in [5.74, 6) is -6.59. The number of alkyl halides is 5. The first kappa shape index (κ1) is 26.6. The molecule has 37 heavy (non-hydrogen) atoms. The summed E-state index contributed by atoms with van der Waals surface area (Å²) in [7, 11) is 0. The largest absolute Gasteiger partial charge is 0.461 e. The second-order valence-corrected chi connectivity index (χ2v) is 9.72. The maximum absolute atomic E-state index is 14.7. The van der Waals surface area contributed by atoms with E-state index in [9.17, 15) is 31.5 Å². The lowest BCUT2D eigenvalue weighted by Crippen LogP contribution is -2.35. The molecule has 4 heterocycles. The van der Waals surface area contributed by atoms with E-state index in [1.807, 2.05) is 0 Å². The Morgan fingerprint density at radius 2 is 1.81 bits per heavy atom. The minimum atomic E-state index is -5.86. The van der Waals surface area contributed by atoms with Crippen molar-refractivity contribution in [2.24, 2.45) is 0 Å². The number of esters is 1. The lowest BCUT2D eigenvalue weighted by molar-refractivity contribution is -0.288. The molecule has 0 radical (unpaired) electrons. The number of hydrogen-bond donors (Lipinski definition) is 0. The molecule has 0 aromatic carbocycles. The first-order valence-corrected chi connectivity index (χ1v) is 11.5. The Morgan fingerprint density at radius 3 is 2.43 bits per heavy atom. The maximum Gasteiger partial charge on any atom is 0.458 e. The number of amides is 1. The summed E-state index contributed by atoms with van der Waals surface area (Å²) in [6.45, 7) is 6.96. The van der Waals surface area contributed by atoms with Crippen LogP contribution in [-0.2, 0) is 15.4 Å². The van der Waals surface area contributed by atoms with Gasteiger partial charge in [-0.05, 0) is 52.3 Å². The van der Waals surface area contributed by atoms with Crippen LogP contribution >= 0.6 is 0 Å². The van der Waals surface area contributed by atoms with Crippen molar-refractivity contribution in [1.29, 1.82) is 0 Å². The van der Waals surface area contributed by atoms with Gasteiger partial charge in [0.15, 0.2) is 5.69 Å². The smallest absolute Gasteiger partial charge is 0.458 e. The summed E-state index contributed by atoms with van der Waals surface area (Å²) < 4.78 is 81.3. The zero-order chi connectivity index (χ0) is 27.3. The number of rotatable bonds is 4. The molecule has 0 bridgehead atoms. The molecule has 200 valence electrons. The average Bonchev–Trinajstić information content (AvgIpc) is 3.44. The van der Waals surface area contributed by atoms with E-state index in [1.54, 1.807) is 27.7 Å². The second kappa shape index (κ2) is 9.10. The van der Waals surface area contributed by atoms with Gasteiger partial charge in [-0.15, -0.1) is 0 Å². The Balaban J connectivity index is 1.85. The van der Waals surface area contributed by atoms with Gasteiger partial charge in [0.2, 0.25) is 0 Å². The number of ether oxygens (including phenoxy) is 2. The van der Waals surface area contributed by atoms with E-state index in [2.05, 4.69) is 9.97 Å². The van der Waals surface area contributed by atoms with Crippen LogP contribution in [0, 0.1) is 0 Å². The lowest BCUT2D eigenvalue weighted by Gasteiger charge is -2.25. The predicted molar refractivity (Wildman–Crippen MR) is 122 cm³/mol. The molecule has 0 saturated carbocycles. The normalized spacial score (nSPS) is 17.0. The number of hydrogen-bond acceptors (Lipinski definition) is 6. The summed E-state index contributed by atoms with van der Waals surface area (Å²) in [4.78, 5) is 34.5. The van der Waals surface area contributed by atoms with Gasteiger partial charge in [0, 0.05) is 41.8 Å². The first-order chi connectivity index (χ1) is 17.1. The zero-order valence-electron chi connectivity index (χ0n) is 20.5. The van der Waals surface area contributed by atoms with Crippen LogP contribution < -0.4 is 0 Å². The van der Waals surface area contributed by atoms with Crippen LogP contribution in [-0.4, -0.2) is 62.8 Å². The highest BCUT2D eigenvalue weighted by atomic mass is 19.4. The summed E-state index contributed by atoms with van der Waals surface area (Å²) in [6.07, 6.45) is -5.02. The minimum Gasteiger partial charge on any atom is -0.461 e. The van der Waals surface area contributed by atoms with Gasteiger partial charge in [-0.3, -0.25) is 4.40 Å².